The van der Waals surface area contributed by atoms with Crippen molar-refractivity contribution >= 4 is 22.9 Å². The molecule has 0 atom stereocenters. The van der Waals surface area contributed by atoms with Crippen molar-refractivity contribution in [1.29, 1.82) is 0 Å². The summed E-state index contributed by atoms with van der Waals surface area (Å²) in [6, 6.07) is 10.3. The summed E-state index contributed by atoms with van der Waals surface area (Å²) in [5.74, 6) is -0.364. The van der Waals surface area contributed by atoms with Gasteiger partial charge in [-0.2, -0.15) is 0 Å². The maximum Gasteiger partial charge on any atom is 0.229 e. The minimum atomic E-state index is -0.251. The van der Waals surface area contributed by atoms with Gasteiger partial charge in [-0.05, 0) is 17.5 Å². The monoisotopic (exact) mass is 256 g/mol. The number of ketones is 2. The van der Waals surface area contributed by atoms with E-state index in [0.29, 0.717) is 16.2 Å². The first-order valence-electron chi connectivity index (χ1n) is 5.37. The van der Waals surface area contributed by atoms with Crippen molar-refractivity contribution in [3.63, 3.8) is 0 Å². The van der Waals surface area contributed by atoms with Crippen molar-refractivity contribution < 1.29 is 14.3 Å². The van der Waals surface area contributed by atoms with Crippen LogP contribution in [0.25, 0.3) is 0 Å². The number of hydrogen-bond acceptors (Lipinski definition) is 4. The number of thiophene rings is 1. The highest BCUT2D eigenvalue weighted by atomic mass is 32.1. The lowest BCUT2D eigenvalue weighted by atomic mass is 9.94. The Labute approximate surface area is 107 Å². The van der Waals surface area contributed by atoms with Crippen molar-refractivity contribution in [2.24, 2.45) is 0 Å². The van der Waals surface area contributed by atoms with Gasteiger partial charge in [-0.1, -0.05) is 24.3 Å². The number of carbonyl (C=O) groups is 2. The van der Waals surface area contributed by atoms with Crippen molar-refractivity contribution in [1.82, 2.24) is 0 Å². The Balaban J connectivity index is 1.99. The van der Waals surface area contributed by atoms with Gasteiger partial charge in [-0.25, -0.2) is 0 Å². The lowest BCUT2D eigenvalue weighted by Gasteiger charge is -2.14. The first kappa shape index (κ1) is 10.9. The third kappa shape index (κ3) is 1.76. The van der Waals surface area contributed by atoms with Gasteiger partial charge in [0.1, 0.15) is 0 Å². The Bertz CT molecular complexity index is 653. The van der Waals surface area contributed by atoms with E-state index in [4.69, 9.17) is 4.74 Å². The molecule has 18 heavy (non-hydrogen) atoms. The van der Waals surface area contributed by atoms with E-state index in [0.717, 1.165) is 0 Å². The van der Waals surface area contributed by atoms with E-state index in [9.17, 15) is 9.59 Å². The predicted octanol–water partition coefficient (Wildman–Crippen LogP) is 3.09. The first-order valence-corrected chi connectivity index (χ1v) is 6.25. The lowest BCUT2D eigenvalue weighted by molar-refractivity contribution is 0.0948. The second kappa shape index (κ2) is 4.23. The number of ether oxygens (including phenoxy) is 1. The maximum atomic E-state index is 12.1. The molecule has 88 valence electrons. The summed E-state index contributed by atoms with van der Waals surface area (Å²) >= 11 is 1.37. The lowest BCUT2D eigenvalue weighted by Crippen LogP contribution is -2.19. The van der Waals surface area contributed by atoms with Gasteiger partial charge in [0.15, 0.2) is 16.6 Å². The van der Waals surface area contributed by atoms with E-state index in [-0.39, 0.29) is 17.3 Å². The van der Waals surface area contributed by atoms with E-state index >= 15 is 0 Å². The maximum absolute atomic E-state index is 12.1. The third-order valence-corrected chi connectivity index (χ3v) is 3.37. The quantitative estimate of drug-likeness (QED) is 0.829. The van der Waals surface area contributed by atoms with Crippen LogP contribution in [0, 0.1) is 0 Å². The Morgan fingerprint density at radius 2 is 1.72 bits per heavy atom. The molecule has 1 aromatic carbocycles. The van der Waals surface area contributed by atoms with E-state index in [1.165, 1.54) is 17.4 Å². The average Bonchev–Trinajstić information content (AvgIpc) is 2.89. The second-order valence-corrected chi connectivity index (χ2v) is 4.69. The highest BCUT2D eigenvalue weighted by Gasteiger charge is 2.26. The summed E-state index contributed by atoms with van der Waals surface area (Å²) < 4.78 is 5.44. The molecule has 2 aromatic rings. The molecule has 0 unspecified atom stereocenters. The van der Waals surface area contributed by atoms with Crippen LogP contribution in [0.1, 0.15) is 20.7 Å². The van der Waals surface area contributed by atoms with Gasteiger partial charge in [-0.15, -0.1) is 11.3 Å². The number of Topliss-reactive ketones (excluding diaryl/α,β-unsaturated/α-hetero) is 1. The fourth-order valence-corrected chi connectivity index (χ4v) is 2.38. The molecule has 4 heteroatoms. The van der Waals surface area contributed by atoms with Gasteiger partial charge in [0.25, 0.3) is 0 Å². The zero-order valence-electron chi connectivity index (χ0n) is 9.25. The van der Waals surface area contributed by atoms with Crippen LogP contribution in [0.5, 0.6) is 5.06 Å². The minimum absolute atomic E-state index is 0.0844. The molecule has 0 spiro atoms. The molecule has 1 aliphatic carbocycles. The number of hydrogen-bond donors (Lipinski definition) is 0. The Hall–Kier alpha value is -2.20. The van der Waals surface area contributed by atoms with E-state index in [1.807, 2.05) is 11.4 Å². The standard InChI is InChI=1S/C14H8O3S/c15-11-8-12(17-13-6-3-7-18-13)14(16)10-5-2-1-4-9(10)11/h1-8H. The van der Waals surface area contributed by atoms with Gasteiger partial charge < -0.3 is 4.74 Å². The molecule has 0 saturated heterocycles. The van der Waals surface area contributed by atoms with Gasteiger partial charge in [0.2, 0.25) is 5.78 Å². The van der Waals surface area contributed by atoms with E-state index < -0.39 is 0 Å². The second-order valence-electron chi connectivity index (χ2n) is 3.78. The van der Waals surface area contributed by atoms with E-state index in [1.54, 1.807) is 30.3 Å². The number of rotatable bonds is 2. The molecule has 1 aromatic heterocycles. The van der Waals surface area contributed by atoms with E-state index in [2.05, 4.69) is 0 Å². The molecule has 0 saturated carbocycles. The molecule has 0 radical (unpaired) electrons. The fourth-order valence-electron chi connectivity index (χ4n) is 1.80. The van der Waals surface area contributed by atoms with Gasteiger partial charge in [0.05, 0.1) is 0 Å². The molecule has 0 N–H and O–H groups in total. The summed E-state index contributed by atoms with van der Waals surface area (Å²) in [6.45, 7) is 0. The van der Waals surface area contributed by atoms with Crippen LogP contribution in [0.4, 0.5) is 0 Å². The van der Waals surface area contributed by atoms with Crippen LogP contribution >= 0.6 is 11.3 Å². The van der Waals surface area contributed by atoms with Crippen molar-refractivity contribution in [2.75, 3.05) is 0 Å². The molecule has 1 heterocycles. The summed E-state index contributed by atoms with van der Waals surface area (Å²) in [6.07, 6.45) is 1.25. The molecule has 0 fully saturated rings. The van der Waals surface area contributed by atoms with Crippen molar-refractivity contribution in [3.05, 3.63) is 64.7 Å². The number of carbonyl (C=O) groups excluding carboxylic acids is 2. The number of allylic oxidation sites excluding steroid dienone is 2. The number of benzene rings is 1. The van der Waals surface area contributed by atoms with Crippen LogP contribution < -0.4 is 4.74 Å². The Kier molecular flexibility index (Phi) is 2.57. The molecule has 3 rings (SSSR count). The van der Waals surface area contributed by atoms with Crippen molar-refractivity contribution in [3.8, 4) is 5.06 Å². The normalized spacial score (nSPS) is 14.1. The van der Waals surface area contributed by atoms with Crippen LogP contribution in [-0.2, 0) is 0 Å². The summed E-state index contributed by atoms with van der Waals surface area (Å²) in [4.78, 5) is 24.0. The van der Waals surface area contributed by atoms with Gasteiger partial charge in [-0.3, -0.25) is 9.59 Å². The molecular formula is C14H8O3S. The fraction of sp³-hybridized carbons (Fsp3) is 0. The van der Waals surface area contributed by atoms with Gasteiger partial charge in [0, 0.05) is 17.2 Å². The summed E-state index contributed by atoms with van der Waals surface area (Å²) in [5, 5.41) is 2.45. The third-order valence-electron chi connectivity index (χ3n) is 2.63. The molecule has 3 nitrogen and oxygen atoms in total. The van der Waals surface area contributed by atoms with Gasteiger partial charge >= 0.3 is 0 Å². The zero-order chi connectivity index (χ0) is 12.5. The number of fused-ring (bicyclic) bond motifs is 1. The highest BCUT2D eigenvalue weighted by molar-refractivity contribution is 7.11. The topological polar surface area (TPSA) is 43.4 Å². The summed E-state index contributed by atoms with van der Waals surface area (Å²) in [5.41, 5.74) is 0.831. The highest BCUT2D eigenvalue weighted by Crippen LogP contribution is 2.26. The molecule has 1 aliphatic rings. The minimum Gasteiger partial charge on any atom is -0.442 e. The molecule has 0 aliphatic heterocycles. The zero-order valence-corrected chi connectivity index (χ0v) is 10.1. The first-order chi connectivity index (χ1) is 8.75. The Morgan fingerprint density at radius 3 is 2.44 bits per heavy atom. The molecule has 0 bridgehead atoms. The van der Waals surface area contributed by atoms with Crippen molar-refractivity contribution in [2.45, 2.75) is 0 Å². The summed E-state index contributed by atoms with van der Waals surface area (Å²) in [7, 11) is 0. The predicted molar refractivity (Wildman–Crippen MR) is 68.1 cm³/mol. The Morgan fingerprint density at radius 1 is 0.944 bits per heavy atom. The van der Waals surface area contributed by atoms with Crippen LogP contribution in [0.2, 0.25) is 0 Å². The molecular weight excluding hydrogens is 248 g/mol. The van der Waals surface area contributed by atoms with Crippen LogP contribution in [0.15, 0.2) is 53.6 Å². The van der Waals surface area contributed by atoms with Crippen LogP contribution in [-0.4, -0.2) is 11.6 Å². The average molecular weight is 256 g/mol. The smallest absolute Gasteiger partial charge is 0.229 e. The molecule has 0 amide bonds. The van der Waals surface area contributed by atoms with Crippen LogP contribution in [0.3, 0.4) is 0 Å². The SMILES string of the molecule is O=C1C=C(Oc2cccs2)C(=O)c2ccccc21. The largest absolute Gasteiger partial charge is 0.442 e.